The zero-order valence-corrected chi connectivity index (χ0v) is 20.0. The smallest absolute Gasteiger partial charge is 0.293 e. The van der Waals surface area contributed by atoms with Gasteiger partial charge in [0.1, 0.15) is 5.75 Å². The quantitative estimate of drug-likeness (QED) is 0.323. The number of benzene rings is 3. The van der Waals surface area contributed by atoms with E-state index < -0.39 is 0 Å². The van der Waals surface area contributed by atoms with Crippen molar-refractivity contribution in [2.75, 3.05) is 6.61 Å². The molecule has 7 heteroatoms. The molecule has 0 radical (unpaired) electrons. The number of imide groups is 1. The van der Waals surface area contributed by atoms with Crippen molar-refractivity contribution in [3.63, 3.8) is 0 Å². The summed E-state index contributed by atoms with van der Waals surface area (Å²) in [6.07, 6.45) is 1.73. The van der Waals surface area contributed by atoms with Crippen molar-refractivity contribution in [3.05, 3.63) is 79.6 Å². The van der Waals surface area contributed by atoms with Crippen LogP contribution in [0.3, 0.4) is 0 Å². The van der Waals surface area contributed by atoms with Crippen LogP contribution in [-0.4, -0.2) is 22.7 Å². The van der Waals surface area contributed by atoms with Crippen molar-refractivity contribution in [3.8, 4) is 5.75 Å². The number of carbonyl (C=O) groups is 2. The lowest BCUT2D eigenvalue weighted by Crippen LogP contribution is -2.27. The number of ether oxygens (including phenoxy) is 1. The Labute approximate surface area is 195 Å². The van der Waals surface area contributed by atoms with E-state index >= 15 is 0 Å². The predicted molar refractivity (Wildman–Crippen MR) is 128 cm³/mol. The van der Waals surface area contributed by atoms with E-state index in [1.54, 1.807) is 6.08 Å². The Morgan fingerprint density at radius 3 is 2.40 bits per heavy atom. The number of thioether (sulfide) groups is 1. The van der Waals surface area contributed by atoms with E-state index in [0.29, 0.717) is 17.3 Å². The van der Waals surface area contributed by atoms with Crippen LogP contribution in [0, 0.1) is 0 Å². The molecule has 3 aromatic carbocycles. The van der Waals surface area contributed by atoms with Gasteiger partial charge in [-0.2, -0.15) is 0 Å². The molecule has 0 saturated carbocycles. The van der Waals surface area contributed by atoms with E-state index in [1.807, 2.05) is 61.5 Å². The van der Waals surface area contributed by atoms with Crippen LogP contribution in [0.25, 0.3) is 16.8 Å². The number of carbonyl (C=O) groups excluding carboxylic acids is 2. The molecule has 152 valence electrons. The number of nitrogens with zero attached hydrogens (tertiary/aromatic N) is 1. The summed E-state index contributed by atoms with van der Waals surface area (Å²) in [5.74, 6) is 0.429. The molecule has 1 aliphatic rings. The van der Waals surface area contributed by atoms with Crippen molar-refractivity contribution in [2.24, 2.45) is 0 Å². The van der Waals surface area contributed by atoms with Crippen molar-refractivity contribution in [2.45, 2.75) is 13.5 Å². The van der Waals surface area contributed by atoms with E-state index in [1.165, 1.54) is 4.90 Å². The third-order valence-electron chi connectivity index (χ3n) is 4.64. The lowest BCUT2D eigenvalue weighted by atomic mass is 10.1. The molecule has 1 saturated heterocycles. The summed E-state index contributed by atoms with van der Waals surface area (Å²) in [5, 5.41) is 1.95. The Hall–Kier alpha value is -2.09. The highest BCUT2D eigenvalue weighted by molar-refractivity contribution is 9.11. The summed E-state index contributed by atoms with van der Waals surface area (Å²) < 4.78 is 7.15. The van der Waals surface area contributed by atoms with Gasteiger partial charge in [-0.05, 0) is 96.7 Å². The summed E-state index contributed by atoms with van der Waals surface area (Å²) in [6, 6.07) is 17.7. The van der Waals surface area contributed by atoms with Gasteiger partial charge in [0, 0.05) is 0 Å². The number of hydrogen-bond donors (Lipinski definition) is 0. The molecule has 2 amide bonds. The SMILES string of the molecule is CCOc1c(Br)cc(/C=C2\SC(=O)N(Cc3ccc4ccccc4c3)C2=O)cc1Br. The van der Waals surface area contributed by atoms with E-state index in [4.69, 9.17) is 4.74 Å². The molecule has 0 aromatic heterocycles. The largest absolute Gasteiger partial charge is 0.492 e. The fourth-order valence-corrected chi connectivity index (χ4v) is 5.54. The van der Waals surface area contributed by atoms with E-state index in [9.17, 15) is 9.59 Å². The van der Waals surface area contributed by atoms with Gasteiger partial charge in [-0.15, -0.1) is 0 Å². The maximum absolute atomic E-state index is 12.9. The van der Waals surface area contributed by atoms with Gasteiger partial charge in [-0.3, -0.25) is 14.5 Å². The second-order valence-electron chi connectivity index (χ2n) is 6.70. The molecule has 0 unspecified atom stereocenters. The first-order valence-electron chi connectivity index (χ1n) is 9.31. The number of halogens is 2. The topological polar surface area (TPSA) is 46.6 Å². The first-order valence-corrected chi connectivity index (χ1v) is 11.7. The van der Waals surface area contributed by atoms with Gasteiger partial charge < -0.3 is 4.74 Å². The fourth-order valence-electron chi connectivity index (χ4n) is 3.25. The van der Waals surface area contributed by atoms with Gasteiger partial charge in [0.2, 0.25) is 0 Å². The number of rotatable bonds is 5. The van der Waals surface area contributed by atoms with Crippen LogP contribution in [0.15, 0.2) is 68.4 Å². The van der Waals surface area contributed by atoms with E-state index in [0.717, 1.165) is 42.6 Å². The Balaban J connectivity index is 1.57. The summed E-state index contributed by atoms with van der Waals surface area (Å²) in [5.41, 5.74) is 1.72. The standard InChI is InChI=1S/C23H17Br2NO3S/c1-2-29-21-18(24)10-15(11-19(21)25)12-20-22(27)26(23(28)30-20)13-14-7-8-16-5-3-4-6-17(16)9-14/h3-12H,2,13H2,1H3/b20-12-. The molecule has 1 fully saturated rings. The highest BCUT2D eigenvalue weighted by Crippen LogP contribution is 2.38. The van der Waals surface area contributed by atoms with Crippen LogP contribution in [0.4, 0.5) is 4.79 Å². The number of amides is 2. The molecule has 1 heterocycles. The van der Waals surface area contributed by atoms with Crippen LogP contribution < -0.4 is 4.74 Å². The number of hydrogen-bond acceptors (Lipinski definition) is 4. The van der Waals surface area contributed by atoms with Gasteiger partial charge in [0.25, 0.3) is 11.1 Å². The Morgan fingerprint density at radius 1 is 1.00 bits per heavy atom. The third-order valence-corrected chi connectivity index (χ3v) is 6.72. The van der Waals surface area contributed by atoms with Crippen LogP contribution in [0.2, 0.25) is 0 Å². The second kappa shape index (κ2) is 8.96. The minimum absolute atomic E-state index is 0.253. The normalized spacial score (nSPS) is 15.4. The maximum atomic E-state index is 12.9. The second-order valence-corrected chi connectivity index (χ2v) is 9.40. The zero-order valence-electron chi connectivity index (χ0n) is 16.0. The van der Waals surface area contributed by atoms with Crippen molar-refractivity contribution in [1.29, 1.82) is 0 Å². The Kier molecular flexibility index (Phi) is 6.32. The maximum Gasteiger partial charge on any atom is 0.293 e. The van der Waals surface area contributed by atoms with E-state index in [-0.39, 0.29) is 17.7 Å². The first-order chi connectivity index (χ1) is 14.5. The monoisotopic (exact) mass is 545 g/mol. The van der Waals surface area contributed by atoms with Crippen LogP contribution >= 0.6 is 43.6 Å². The zero-order chi connectivity index (χ0) is 21.3. The van der Waals surface area contributed by atoms with E-state index in [2.05, 4.69) is 31.9 Å². The van der Waals surface area contributed by atoms with Crippen molar-refractivity contribution >= 4 is 71.6 Å². The van der Waals surface area contributed by atoms with Crippen LogP contribution in [-0.2, 0) is 11.3 Å². The molecular weight excluding hydrogens is 530 g/mol. The summed E-state index contributed by atoms with van der Waals surface area (Å²) in [4.78, 5) is 27.1. The molecule has 0 bridgehead atoms. The van der Waals surface area contributed by atoms with Gasteiger partial charge in [0.15, 0.2) is 0 Å². The minimum atomic E-state index is -0.278. The van der Waals surface area contributed by atoms with Gasteiger partial charge in [-0.1, -0.05) is 36.4 Å². The molecular formula is C23H17Br2NO3S. The Bertz CT molecular complexity index is 1170. The molecule has 4 rings (SSSR count). The molecule has 0 N–H and O–H groups in total. The lowest BCUT2D eigenvalue weighted by Gasteiger charge is -2.13. The first kappa shape index (κ1) is 21.2. The Morgan fingerprint density at radius 2 is 1.70 bits per heavy atom. The highest BCUT2D eigenvalue weighted by atomic mass is 79.9. The van der Waals surface area contributed by atoms with Gasteiger partial charge in [-0.25, -0.2) is 0 Å². The number of fused-ring (bicyclic) bond motifs is 1. The summed E-state index contributed by atoms with van der Waals surface area (Å²) >= 11 is 7.96. The summed E-state index contributed by atoms with van der Waals surface area (Å²) in [7, 11) is 0. The fraction of sp³-hybridized carbons (Fsp3) is 0.130. The van der Waals surface area contributed by atoms with Gasteiger partial charge >= 0.3 is 0 Å². The molecule has 4 nitrogen and oxygen atoms in total. The molecule has 0 aliphatic carbocycles. The van der Waals surface area contributed by atoms with Crippen LogP contribution in [0.1, 0.15) is 18.1 Å². The molecule has 30 heavy (non-hydrogen) atoms. The minimum Gasteiger partial charge on any atom is -0.492 e. The highest BCUT2D eigenvalue weighted by Gasteiger charge is 2.35. The van der Waals surface area contributed by atoms with Gasteiger partial charge in [0.05, 0.1) is 27.0 Å². The third kappa shape index (κ3) is 4.33. The molecule has 0 atom stereocenters. The molecule has 0 spiro atoms. The summed E-state index contributed by atoms with van der Waals surface area (Å²) in [6.45, 7) is 2.71. The molecule has 3 aromatic rings. The lowest BCUT2D eigenvalue weighted by molar-refractivity contribution is -0.123. The average Bonchev–Trinajstić information content (AvgIpc) is 2.98. The predicted octanol–water partition coefficient (Wildman–Crippen LogP) is 7.00. The van der Waals surface area contributed by atoms with Crippen molar-refractivity contribution < 1.29 is 14.3 Å². The van der Waals surface area contributed by atoms with Crippen molar-refractivity contribution in [1.82, 2.24) is 4.90 Å². The average molecular weight is 547 g/mol. The van der Waals surface area contributed by atoms with Crippen LogP contribution in [0.5, 0.6) is 5.75 Å². The molecule has 1 aliphatic heterocycles.